The van der Waals surface area contributed by atoms with Gasteiger partial charge in [0, 0.05) is 6.20 Å². The van der Waals surface area contributed by atoms with E-state index in [1.165, 1.54) is 17.1 Å². The van der Waals surface area contributed by atoms with E-state index in [9.17, 15) is 4.39 Å². The average Bonchev–Trinajstić information content (AvgIpc) is 3.23. The number of fused-ring (bicyclic) bond motifs is 1. The number of aromatic nitrogens is 6. The molecule has 3 aromatic heterocycles. The molecule has 0 atom stereocenters. The maximum absolute atomic E-state index is 13.8. The van der Waals surface area contributed by atoms with Crippen molar-refractivity contribution in [2.45, 2.75) is 27.3 Å². The number of para-hydroxylation sites is 1. The topological polar surface area (TPSA) is 61.4 Å². The molecule has 0 aliphatic carbocycles. The van der Waals surface area contributed by atoms with Gasteiger partial charge < -0.3 is 4.57 Å². The van der Waals surface area contributed by atoms with Gasteiger partial charge in [0.15, 0.2) is 0 Å². The van der Waals surface area contributed by atoms with Crippen LogP contribution in [0.4, 0.5) is 4.39 Å². The first-order chi connectivity index (χ1) is 12.6. The van der Waals surface area contributed by atoms with Crippen LogP contribution in [0.15, 0.2) is 43.0 Å². The Morgan fingerprint density at radius 1 is 1.12 bits per heavy atom. The fourth-order valence-corrected chi connectivity index (χ4v) is 2.97. The summed E-state index contributed by atoms with van der Waals surface area (Å²) in [6.07, 6.45) is 5.06. The highest BCUT2D eigenvalue weighted by molar-refractivity contribution is 6.34. The summed E-state index contributed by atoms with van der Waals surface area (Å²) in [6, 6.07) is 6.42. The number of benzene rings is 1. The molecule has 1 aromatic carbocycles. The number of hydrogen-bond acceptors (Lipinski definition) is 4. The normalized spacial score (nSPS) is 10.7. The molecule has 8 heteroatoms. The Labute approximate surface area is 155 Å². The molecule has 0 unspecified atom stereocenters. The van der Waals surface area contributed by atoms with Crippen LogP contribution in [0, 0.1) is 12.7 Å². The molecule has 26 heavy (non-hydrogen) atoms. The van der Waals surface area contributed by atoms with Crippen molar-refractivity contribution >= 4 is 22.6 Å². The lowest BCUT2D eigenvalue weighted by Crippen LogP contribution is -2.00. The molecule has 0 N–H and O–H groups in total. The minimum Gasteiger partial charge on any atom is -0.326 e. The molecule has 6 nitrogen and oxygen atoms in total. The largest absolute Gasteiger partial charge is 0.326 e. The Kier molecular flexibility index (Phi) is 5.27. The zero-order valence-corrected chi connectivity index (χ0v) is 15.4. The van der Waals surface area contributed by atoms with Gasteiger partial charge in [-0.3, -0.25) is 0 Å². The standard InChI is InChI=1S/C16H12ClFN6.C2H6/c1-10-6-23(16-14(10)15(17)19-9-20-16)7-11-8-24(22-21-11)13-5-3-2-4-12(13)18;1-2/h2-6,8-9H,7H2,1H3;1-2H3. The molecule has 0 radical (unpaired) electrons. The van der Waals surface area contributed by atoms with Crippen molar-refractivity contribution in [2.75, 3.05) is 0 Å². The van der Waals surface area contributed by atoms with E-state index < -0.39 is 0 Å². The lowest BCUT2D eigenvalue weighted by atomic mass is 10.3. The molecule has 0 amide bonds. The number of aryl methyl sites for hydroxylation is 1. The van der Waals surface area contributed by atoms with Crippen molar-refractivity contribution < 1.29 is 4.39 Å². The van der Waals surface area contributed by atoms with Crippen LogP contribution in [0.1, 0.15) is 25.1 Å². The first-order valence-corrected chi connectivity index (χ1v) is 8.63. The van der Waals surface area contributed by atoms with Crippen molar-refractivity contribution in [3.8, 4) is 5.69 Å². The van der Waals surface area contributed by atoms with Gasteiger partial charge in [-0.15, -0.1) is 5.10 Å². The number of halogens is 2. The highest BCUT2D eigenvalue weighted by atomic mass is 35.5. The monoisotopic (exact) mass is 372 g/mol. The average molecular weight is 373 g/mol. The molecule has 134 valence electrons. The third kappa shape index (κ3) is 3.30. The predicted octanol–water partition coefficient (Wildman–Crippen LogP) is 4.19. The Morgan fingerprint density at radius 3 is 2.65 bits per heavy atom. The first kappa shape index (κ1) is 18.0. The molecular weight excluding hydrogens is 355 g/mol. The van der Waals surface area contributed by atoms with Crippen molar-refractivity contribution in [3.05, 3.63) is 65.2 Å². The maximum atomic E-state index is 13.8. The van der Waals surface area contributed by atoms with Crippen LogP contribution in [-0.2, 0) is 6.54 Å². The molecule has 0 spiro atoms. The summed E-state index contributed by atoms with van der Waals surface area (Å²) in [5, 5.41) is 9.36. The van der Waals surface area contributed by atoms with Crippen LogP contribution in [0.2, 0.25) is 5.15 Å². The minimum absolute atomic E-state index is 0.351. The molecule has 0 bridgehead atoms. The summed E-state index contributed by atoms with van der Waals surface area (Å²) in [6.45, 7) is 6.40. The van der Waals surface area contributed by atoms with Gasteiger partial charge in [0.05, 0.1) is 18.1 Å². The summed E-state index contributed by atoms with van der Waals surface area (Å²) < 4.78 is 17.2. The SMILES string of the molecule is CC.Cc1cn(Cc2cn(-c3ccccc3F)nn2)c2ncnc(Cl)c12. The Balaban J connectivity index is 0.000000948. The van der Waals surface area contributed by atoms with Crippen molar-refractivity contribution in [2.24, 2.45) is 0 Å². The molecule has 4 rings (SSSR count). The molecule has 4 aromatic rings. The summed E-state index contributed by atoms with van der Waals surface area (Å²) in [4.78, 5) is 8.30. The number of hydrogen-bond donors (Lipinski definition) is 0. The van der Waals surface area contributed by atoms with Crippen molar-refractivity contribution in [3.63, 3.8) is 0 Å². The Morgan fingerprint density at radius 2 is 1.88 bits per heavy atom. The van der Waals surface area contributed by atoms with Crippen LogP contribution in [0.5, 0.6) is 0 Å². The fraction of sp³-hybridized carbons (Fsp3) is 0.222. The smallest absolute Gasteiger partial charge is 0.148 e. The van der Waals surface area contributed by atoms with Crippen molar-refractivity contribution in [1.82, 2.24) is 29.5 Å². The summed E-state index contributed by atoms with van der Waals surface area (Å²) >= 11 is 6.14. The summed E-state index contributed by atoms with van der Waals surface area (Å²) in [7, 11) is 0. The second-order valence-electron chi connectivity index (χ2n) is 5.41. The van der Waals surface area contributed by atoms with Crippen LogP contribution in [0.25, 0.3) is 16.7 Å². The third-order valence-electron chi connectivity index (χ3n) is 3.77. The lowest BCUT2D eigenvalue weighted by Gasteiger charge is -2.02. The Bertz CT molecular complexity index is 1040. The fourth-order valence-electron chi connectivity index (χ4n) is 2.69. The van der Waals surface area contributed by atoms with Gasteiger partial charge in [0.25, 0.3) is 0 Å². The summed E-state index contributed by atoms with van der Waals surface area (Å²) in [5.74, 6) is -0.351. The first-order valence-electron chi connectivity index (χ1n) is 8.25. The molecular formula is C18H18ClFN6. The highest BCUT2D eigenvalue weighted by Crippen LogP contribution is 2.25. The maximum Gasteiger partial charge on any atom is 0.148 e. The van der Waals surface area contributed by atoms with E-state index in [0.29, 0.717) is 23.1 Å². The molecule has 0 saturated heterocycles. The van der Waals surface area contributed by atoms with Gasteiger partial charge in [0.2, 0.25) is 0 Å². The highest BCUT2D eigenvalue weighted by Gasteiger charge is 2.13. The zero-order valence-electron chi connectivity index (χ0n) is 14.7. The van der Waals surface area contributed by atoms with Crippen LogP contribution < -0.4 is 0 Å². The Hall–Kier alpha value is -2.80. The van der Waals surface area contributed by atoms with Crippen LogP contribution >= 0.6 is 11.6 Å². The van der Waals surface area contributed by atoms with E-state index in [4.69, 9.17) is 11.6 Å². The van der Waals surface area contributed by atoms with Crippen molar-refractivity contribution in [1.29, 1.82) is 0 Å². The lowest BCUT2D eigenvalue weighted by molar-refractivity contribution is 0.607. The molecule has 0 aliphatic heterocycles. The van der Waals surface area contributed by atoms with Gasteiger partial charge in [-0.25, -0.2) is 19.0 Å². The molecule has 0 fully saturated rings. The van der Waals surface area contributed by atoms with Gasteiger partial charge in [-0.1, -0.05) is 42.8 Å². The zero-order chi connectivity index (χ0) is 18.7. The molecule has 0 aliphatic rings. The predicted molar refractivity (Wildman–Crippen MR) is 99.0 cm³/mol. The second-order valence-corrected chi connectivity index (χ2v) is 5.77. The number of nitrogens with zero attached hydrogens (tertiary/aromatic N) is 6. The third-order valence-corrected chi connectivity index (χ3v) is 4.06. The van der Waals surface area contributed by atoms with E-state index in [1.807, 2.05) is 31.5 Å². The van der Waals surface area contributed by atoms with Crippen LogP contribution in [0.3, 0.4) is 0 Å². The van der Waals surface area contributed by atoms with Gasteiger partial charge in [0.1, 0.15) is 34.3 Å². The van der Waals surface area contributed by atoms with Gasteiger partial charge in [-0.05, 0) is 24.6 Å². The number of rotatable bonds is 3. The molecule has 3 heterocycles. The second kappa shape index (κ2) is 7.61. The molecule has 0 saturated carbocycles. The van der Waals surface area contributed by atoms with Gasteiger partial charge >= 0.3 is 0 Å². The van der Waals surface area contributed by atoms with Crippen LogP contribution in [-0.4, -0.2) is 29.5 Å². The van der Waals surface area contributed by atoms with E-state index >= 15 is 0 Å². The van der Waals surface area contributed by atoms with E-state index in [-0.39, 0.29) is 5.82 Å². The quantitative estimate of drug-likeness (QED) is 0.506. The van der Waals surface area contributed by atoms with E-state index in [1.54, 1.807) is 24.4 Å². The van der Waals surface area contributed by atoms with E-state index in [0.717, 1.165) is 16.6 Å². The summed E-state index contributed by atoms with van der Waals surface area (Å²) in [5.41, 5.74) is 2.75. The van der Waals surface area contributed by atoms with Gasteiger partial charge in [-0.2, -0.15) is 0 Å². The van der Waals surface area contributed by atoms with E-state index in [2.05, 4.69) is 20.3 Å². The minimum atomic E-state index is -0.351.